The van der Waals surface area contributed by atoms with Gasteiger partial charge in [-0.2, -0.15) is 0 Å². The summed E-state index contributed by atoms with van der Waals surface area (Å²) < 4.78 is 0. The van der Waals surface area contributed by atoms with Gasteiger partial charge >= 0.3 is 5.97 Å². The molecule has 2 aliphatic rings. The predicted octanol–water partition coefficient (Wildman–Crippen LogP) is 3.63. The zero-order valence-corrected chi connectivity index (χ0v) is 15.7. The molecule has 7 heteroatoms. The van der Waals surface area contributed by atoms with E-state index < -0.39 is 17.8 Å². The van der Waals surface area contributed by atoms with Crippen molar-refractivity contribution in [3.05, 3.63) is 41.3 Å². The number of piperidine rings is 1. The summed E-state index contributed by atoms with van der Waals surface area (Å²) in [7, 11) is 0. The lowest BCUT2D eigenvalue weighted by atomic mass is 10.1. The Kier molecular flexibility index (Phi) is 4.94. The van der Waals surface area contributed by atoms with Gasteiger partial charge in [0.1, 0.15) is 4.88 Å². The predicted molar refractivity (Wildman–Crippen MR) is 102 cm³/mol. The smallest absolute Gasteiger partial charge is 0.372 e. The molecule has 0 saturated carbocycles. The Morgan fingerprint density at radius 3 is 2.22 bits per heavy atom. The minimum atomic E-state index is -0.681. The van der Waals surface area contributed by atoms with Crippen LogP contribution in [0.3, 0.4) is 0 Å². The molecule has 0 N–H and O–H groups in total. The molecule has 0 spiro atoms. The van der Waals surface area contributed by atoms with E-state index in [4.69, 9.17) is 4.84 Å². The molecule has 2 fully saturated rings. The molecule has 6 nitrogen and oxygen atoms in total. The van der Waals surface area contributed by atoms with Crippen molar-refractivity contribution in [3.8, 4) is 10.4 Å². The van der Waals surface area contributed by atoms with Crippen LogP contribution >= 0.6 is 11.3 Å². The zero-order chi connectivity index (χ0) is 18.8. The van der Waals surface area contributed by atoms with Crippen molar-refractivity contribution in [2.45, 2.75) is 32.1 Å². The Labute approximate surface area is 161 Å². The number of rotatable bonds is 4. The summed E-state index contributed by atoms with van der Waals surface area (Å²) in [6.45, 7) is 2.20. The average molecular weight is 384 g/mol. The van der Waals surface area contributed by atoms with Gasteiger partial charge in [-0.1, -0.05) is 12.1 Å². The average Bonchev–Trinajstić information content (AvgIpc) is 3.32. The fraction of sp³-hybridized carbons (Fsp3) is 0.350. The van der Waals surface area contributed by atoms with E-state index in [9.17, 15) is 14.4 Å². The van der Waals surface area contributed by atoms with Crippen molar-refractivity contribution < 1.29 is 19.2 Å². The van der Waals surface area contributed by atoms with Gasteiger partial charge in [0.05, 0.1) is 0 Å². The molecule has 2 aromatic rings. The highest BCUT2D eigenvalue weighted by molar-refractivity contribution is 7.17. The molecule has 2 amide bonds. The highest BCUT2D eigenvalue weighted by Crippen LogP contribution is 2.31. The van der Waals surface area contributed by atoms with Crippen LogP contribution in [0.5, 0.6) is 0 Å². The second-order valence-electron chi connectivity index (χ2n) is 6.72. The monoisotopic (exact) mass is 384 g/mol. The molecular formula is C20H20N2O4S. The van der Waals surface area contributed by atoms with Gasteiger partial charge in [-0.05, 0) is 49.1 Å². The number of amides is 2. The lowest BCUT2D eigenvalue weighted by Crippen LogP contribution is -2.31. The van der Waals surface area contributed by atoms with E-state index in [1.807, 2.05) is 6.07 Å². The highest BCUT2D eigenvalue weighted by atomic mass is 32.1. The fourth-order valence-electron chi connectivity index (χ4n) is 3.38. The summed E-state index contributed by atoms with van der Waals surface area (Å²) in [5.74, 6) is -1.63. The third-order valence-electron chi connectivity index (χ3n) is 4.86. The van der Waals surface area contributed by atoms with Crippen molar-refractivity contribution in [2.24, 2.45) is 0 Å². The molecular weight excluding hydrogens is 364 g/mol. The molecule has 0 unspecified atom stereocenters. The molecule has 4 rings (SSSR count). The molecule has 1 aromatic carbocycles. The van der Waals surface area contributed by atoms with Crippen LogP contribution in [-0.4, -0.2) is 35.9 Å². The van der Waals surface area contributed by atoms with Gasteiger partial charge in [-0.15, -0.1) is 16.4 Å². The maximum absolute atomic E-state index is 12.2. The summed E-state index contributed by atoms with van der Waals surface area (Å²) in [5.41, 5.74) is 2.24. The molecule has 3 heterocycles. The SMILES string of the molecule is O=C(ON1C(=O)CCC1=O)c1ccc(-c2ccc(N3CCCCC3)cc2)s1. The van der Waals surface area contributed by atoms with Crippen LogP contribution in [0.1, 0.15) is 41.8 Å². The van der Waals surface area contributed by atoms with Gasteiger partial charge < -0.3 is 9.74 Å². The van der Waals surface area contributed by atoms with Gasteiger partial charge in [-0.25, -0.2) is 4.79 Å². The van der Waals surface area contributed by atoms with Gasteiger partial charge in [0.25, 0.3) is 11.8 Å². The van der Waals surface area contributed by atoms with Crippen LogP contribution < -0.4 is 4.90 Å². The molecule has 0 radical (unpaired) electrons. The van der Waals surface area contributed by atoms with E-state index in [1.54, 1.807) is 6.07 Å². The molecule has 2 saturated heterocycles. The van der Waals surface area contributed by atoms with Crippen molar-refractivity contribution >= 4 is 34.8 Å². The number of nitrogens with zero attached hydrogens (tertiary/aromatic N) is 2. The first-order valence-electron chi connectivity index (χ1n) is 9.15. The number of carbonyl (C=O) groups excluding carboxylic acids is 3. The zero-order valence-electron chi connectivity index (χ0n) is 14.8. The Bertz CT molecular complexity index is 852. The second-order valence-corrected chi connectivity index (χ2v) is 7.80. The molecule has 140 valence electrons. The minimum absolute atomic E-state index is 0.0885. The first-order valence-corrected chi connectivity index (χ1v) is 9.97. The summed E-state index contributed by atoms with van der Waals surface area (Å²) in [6.07, 6.45) is 3.95. The van der Waals surface area contributed by atoms with Gasteiger partial charge in [0.2, 0.25) is 0 Å². The van der Waals surface area contributed by atoms with E-state index in [-0.39, 0.29) is 12.8 Å². The lowest BCUT2D eigenvalue weighted by Gasteiger charge is -2.28. The number of imide groups is 1. The van der Waals surface area contributed by atoms with Crippen molar-refractivity contribution in [1.29, 1.82) is 0 Å². The van der Waals surface area contributed by atoms with E-state index in [1.165, 1.54) is 36.3 Å². The van der Waals surface area contributed by atoms with E-state index in [0.29, 0.717) is 9.94 Å². The first-order chi connectivity index (χ1) is 13.1. The Morgan fingerprint density at radius 1 is 0.889 bits per heavy atom. The largest absolute Gasteiger partial charge is 0.373 e. The molecule has 0 atom stereocenters. The Balaban J connectivity index is 1.45. The number of carbonyl (C=O) groups is 3. The third kappa shape index (κ3) is 3.73. The lowest BCUT2D eigenvalue weighted by molar-refractivity contribution is -0.172. The fourth-order valence-corrected chi connectivity index (χ4v) is 4.26. The maximum atomic E-state index is 12.2. The van der Waals surface area contributed by atoms with Crippen LogP contribution in [0.15, 0.2) is 36.4 Å². The van der Waals surface area contributed by atoms with Crippen molar-refractivity contribution in [3.63, 3.8) is 0 Å². The number of thiophene rings is 1. The van der Waals surface area contributed by atoms with E-state index in [0.717, 1.165) is 23.5 Å². The summed E-state index contributed by atoms with van der Waals surface area (Å²) in [4.78, 5) is 44.0. The highest BCUT2D eigenvalue weighted by Gasteiger charge is 2.33. The molecule has 0 aliphatic carbocycles. The van der Waals surface area contributed by atoms with Crippen molar-refractivity contribution in [2.75, 3.05) is 18.0 Å². The summed E-state index contributed by atoms with van der Waals surface area (Å²) in [6, 6.07) is 11.8. The summed E-state index contributed by atoms with van der Waals surface area (Å²) >= 11 is 1.28. The van der Waals surface area contributed by atoms with E-state index in [2.05, 4.69) is 29.2 Å². The molecule has 1 aromatic heterocycles. The summed E-state index contributed by atoms with van der Waals surface area (Å²) in [5, 5.41) is 0.579. The number of benzene rings is 1. The van der Waals surface area contributed by atoms with Gasteiger partial charge in [0, 0.05) is 36.5 Å². The molecule has 0 bridgehead atoms. The number of hydrogen-bond acceptors (Lipinski definition) is 6. The van der Waals surface area contributed by atoms with Crippen LogP contribution in [0.25, 0.3) is 10.4 Å². The van der Waals surface area contributed by atoms with Crippen molar-refractivity contribution in [1.82, 2.24) is 5.06 Å². The van der Waals surface area contributed by atoms with Crippen LogP contribution in [0.4, 0.5) is 5.69 Å². The normalized spacial score (nSPS) is 17.5. The Morgan fingerprint density at radius 2 is 1.56 bits per heavy atom. The van der Waals surface area contributed by atoms with E-state index >= 15 is 0 Å². The third-order valence-corrected chi connectivity index (χ3v) is 5.97. The number of anilines is 1. The van der Waals surface area contributed by atoms with Crippen LogP contribution in [0, 0.1) is 0 Å². The van der Waals surface area contributed by atoms with Gasteiger partial charge in [0.15, 0.2) is 0 Å². The quantitative estimate of drug-likeness (QED) is 0.753. The van der Waals surface area contributed by atoms with Crippen LogP contribution in [-0.2, 0) is 14.4 Å². The van der Waals surface area contributed by atoms with Gasteiger partial charge in [-0.3, -0.25) is 9.59 Å². The number of hydrogen-bond donors (Lipinski definition) is 0. The standard InChI is InChI=1S/C20H20N2O4S/c23-18-10-11-19(24)22(18)26-20(25)17-9-8-16(27-17)14-4-6-15(7-5-14)21-12-2-1-3-13-21/h4-9H,1-3,10-13H2. The maximum Gasteiger partial charge on any atom is 0.373 e. The van der Waals surface area contributed by atoms with Crippen LogP contribution in [0.2, 0.25) is 0 Å². The first kappa shape index (κ1) is 17.7. The Hall–Kier alpha value is -2.67. The molecule has 27 heavy (non-hydrogen) atoms. The topological polar surface area (TPSA) is 66.9 Å². The molecule has 2 aliphatic heterocycles. The number of hydroxylamine groups is 2. The minimum Gasteiger partial charge on any atom is -0.372 e. The second kappa shape index (κ2) is 7.52.